The van der Waals surface area contributed by atoms with E-state index in [0.717, 1.165) is 0 Å². The van der Waals surface area contributed by atoms with E-state index < -0.39 is 0 Å². The lowest BCUT2D eigenvalue weighted by molar-refractivity contribution is 1.63. The lowest BCUT2D eigenvalue weighted by Crippen LogP contribution is -1.69. The topological polar surface area (TPSA) is 26.0 Å². The first-order valence-electron chi connectivity index (χ1n) is 0.885. The first-order valence-corrected chi connectivity index (χ1v) is 1.32. The van der Waals surface area contributed by atoms with Crippen molar-refractivity contribution in [3.05, 3.63) is 11.7 Å². The van der Waals surface area contributed by atoms with Crippen molar-refractivity contribution in [1.82, 2.24) is 0 Å². The fraction of sp³-hybridized carbons (Fsp3) is 0. The second-order valence-corrected chi connectivity index (χ2v) is 0.570. The van der Waals surface area contributed by atoms with Crippen LogP contribution in [-0.2, 0) is 0 Å². The number of nitrogens with two attached hydrogens (primary N) is 1. The van der Waals surface area contributed by atoms with Crippen molar-refractivity contribution >= 4 is 11.6 Å². The van der Waals surface area contributed by atoms with Crippen LogP contribution in [0.5, 0.6) is 0 Å². The molecule has 0 aromatic rings. The van der Waals surface area contributed by atoms with Crippen LogP contribution in [0.2, 0.25) is 0 Å². The Morgan fingerprint density at radius 1 is 1.75 bits per heavy atom. The number of halogens is 1. The summed E-state index contributed by atoms with van der Waals surface area (Å²) >= 11 is 4.88. The highest BCUT2D eigenvalue weighted by atomic mass is 35.5. The van der Waals surface area contributed by atoms with Gasteiger partial charge < -0.3 is 5.73 Å². The predicted molar refractivity (Wildman–Crippen MR) is 19.2 cm³/mol. The van der Waals surface area contributed by atoms with Gasteiger partial charge in [-0.25, -0.2) is 0 Å². The molecule has 0 aliphatic heterocycles. The average molecular weight is 77.5 g/mol. The molecule has 0 aliphatic rings. The highest BCUT2D eigenvalue weighted by Crippen LogP contribution is 1.65. The molecule has 0 unspecified atom stereocenters. The summed E-state index contributed by atoms with van der Waals surface area (Å²) in [7, 11) is 0. The highest BCUT2D eigenvalue weighted by molar-refractivity contribution is 6.25. The van der Waals surface area contributed by atoms with Gasteiger partial charge in [0.2, 0.25) is 0 Å². The largest absolute Gasteiger partial charge is 0.404 e. The molecule has 0 saturated carbocycles. The molecule has 24 valence electrons. The molecule has 0 saturated heterocycles. The summed E-state index contributed by atoms with van der Waals surface area (Å²) in [4.78, 5) is 0. The lowest BCUT2D eigenvalue weighted by Gasteiger charge is -1.51. The van der Waals surface area contributed by atoms with Crippen LogP contribution in [0.1, 0.15) is 0 Å². The number of rotatable bonds is 0. The molecular formula is C2H4ClN. The van der Waals surface area contributed by atoms with Gasteiger partial charge in [0, 0.05) is 11.7 Å². The smallest absolute Gasteiger partial charge is 0.0197 e. The van der Waals surface area contributed by atoms with Gasteiger partial charge in [-0.2, -0.15) is 0 Å². The zero-order valence-corrected chi connectivity index (χ0v) is 2.87. The number of hydrogen-bond acceptors (Lipinski definition) is 1. The van der Waals surface area contributed by atoms with E-state index in [-0.39, 0.29) is 0 Å². The summed E-state index contributed by atoms with van der Waals surface area (Å²) in [5.41, 5.74) is 5.97. The van der Waals surface area contributed by atoms with E-state index in [9.17, 15) is 0 Å². The zero-order valence-electron chi connectivity index (χ0n) is 2.11. The molecule has 0 aromatic heterocycles. The minimum Gasteiger partial charge on any atom is -0.404 e. The Morgan fingerprint density at radius 3 is 2.00 bits per heavy atom. The van der Waals surface area contributed by atoms with Gasteiger partial charge in [0.1, 0.15) is 0 Å². The fourth-order valence-electron chi connectivity index (χ4n) is 0. The maximum absolute atomic E-state index is 4.88. The molecule has 0 radical (unpaired) electrons. The van der Waals surface area contributed by atoms with Crippen LogP contribution in [0, 0.1) is 0 Å². The molecule has 0 atom stereocenters. The van der Waals surface area contributed by atoms with E-state index in [1.165, 1.54) is 11.7 Å². The van der Waals surface area contributed by atoms with Gasteiger partial charge in [-0.15, -0.1) is 0 Å². The van der Waals surface area contributed by atoms with Gasteiger partial charge in [0.15, 0.2) is 0 Å². The molecule has 2 N–H and O–H groups in total. The first-order chi connectivity index (χ1) is 1.91. The van der Waals surface area contributed by atoms with Gasteiger partial charge in [0.05, 0.1) is 0 Å². The monoisotopic (exact) mass is 77.0 g/mol. The Bertz CT molecular complexity index is 21.2. The standard InChI is InChI=1S/C2H4ClN/c3-1-2-4/h1-2H,4H2/b2-1-. The van der Waals surface area contributed by atoms with Crippen LogP contribution in [0.3, 0.4) is 0 Å². The molecule has 0 aromatic carbocycles. The third-order valence-corrected chi connectivity index (χ3v) is 0.218. The summed E-state index contributed by atoms with van der Waals surface area (Å²) in [5.74, 6) is 0. The molecule has 0 bridgehead atoms. The molecule has 0 rings (SSSR count). The summed E-state index contributed by atoms with van der Waals surface area (Å²) in [6.07, 6.45) is 1.27. The molecule has 0 heterocycles. The Hall–Kier alpha value is -0.170. The Kier molecular flexibility index (Phi) is 2.71. The van der Waals surface area contributed by atoms with Crippen molar-refractivity contribution in [3.8, 4) is 0 Å². The molecule has 0 aliphatic carbocycles. The summed E-state index contributed by atoms with van der Waals surface area (Å²) in [6, 6.07) is 0. The van der Waals surface area contributed by atoms with Crippen LogP contribution in [-0.4, -0.2) is 0 Å². The molecule has 0 spiro atoms. The number of hydrogen-bond donors (Lipinski definition) is 1. The van der Waals surface area contributed by atoms with Crippen molar-refractivity contribution in [3.63, 3.8) is 0 Å². The van der Waals surface area contributed by atoms with E-state index in [4.69, 9.17) is 17.3 Å². The van der Waals surface area contributed by atoms with Gasteiger partial charge >= 0.3 is 0 Å². The SMILES string of the molecule is N/C=C\Cl. The molecule has 1 nitrogen and oxygen atoms in total. The van der Waals surface area contributed by atoms with Crippen molar-refractivity contribution in [2.75, 3.05) is 0 Å². The van der Waals surface area contributed by atoms with Crippen LogP contribution in [0.25, 0.3) is 0 Å². The van der Waals surface area contributed by atoms with Crippen LogP contribution in [0.15, 0.2) is 11.7 Å². The second kappa shape index (κ2) is 2.83. The highest BCUT2D eigenvalue weighted by Gasteiger charge is 1.35. The molecule has 4 heavy (non-hydrogen) atoms. The van der Waals surface area contributed by atoms with Crippen molar-refractivity contribution < 1.29 is 0 Å². The Labute approximate surface area is 30.1 Å². The quantitative estimate of drug-likeness (QED) is 0.452. The van der Waals surface area contributed by atoms with E-state index >= 15 is 0 Å². The summed E-state index contributed by atoms with van der Waals surface area (Å²) < 4.78 is 0. The molecule has 0 fully saturated rings. The van der Waals surface area contributed by atoms with E-state index in [2.05, 4.69) is 0 Å². The van der Waals surface area contributed by atoms with Crippen molar-refractivity contribution in [1.29, 1.82) is 0 Å². The van der Waals surface area contributed by atoms with E-state index in [1.54, 1.807) is 0 Å². The third kappa shape index (κ3) is 1.83. The van der Waals surface area contributed by atoms with Gasteiger partial charge in [-0.3, -0.25) is 0 Å². The summed E-state index contributed by atoms with van der Waals surface area (Å²) in [6.45, 7) is 0. The van der Waals surface area contributed by atoms with Crippen LogP contribution < -0.4 is 5.73 Å². The molecular weight excluding hydrogens is 73.5 g/mol. The maximum atomic E-state index is 4.88. The lowest BCUT2D eigenvalue weighted by atomic mass is 11.1. The first kappa shape index (κ1) is 3.83. The minimum absolute atomic E-state index is 1.25. The summed E-state index contributed by atoms with van der Waals surface area (Å²) in [5, 5.41) is 0. The minimum atomic E-state index is 1.25. The Morgan fingerprint density at radius 2 is 2.00 bits per heavy atom. The normalized spacial score (nSPS) is 9.25. The van der Waals surface area contributed by atoms with Gasteiger partial charge in [0.25, 0.3) is 0 Å². The predicted octanol–water partition coefficient (Wildman–Crippen LogP) is 0.655. The Balaban J connectivity index is 2.55. The zero-order chi connectivity index (χ0) is 3.41. The van der Waals surface area contributed by atoms with Crippen molar-refractivity contribution in [2.45, 2.75) is 0 Å². The van der Waals surface area contributed by atoms with Crippen LogP contribution in [0.4, 0.5) is 0 Å². The molecule has 0 amide bonds. The molecule has 2 heteroatoms. The van der Waals surface area contributed by atoms with Gasteiger partial charge in [-0.05, 0) is 0 Å². The van der Waals surface area contributed by atoms with Gasteiger partial charge in [-0.1, -0.05) is 11.6 Å². The average Bonchev–Trinajstić information content (AvgIpc) is 1.37. The van der Waals surface area contributed by atoms with Crippen molar-refractivity contribution in [2.24, 2.45) is 5.73 Å². The van der Waals surface area contributed by atoms with Crippen LogP contribution >= 0.6 is 11.6 Å². The van der Waals surface area contributed by atoms with E-state index in [1.807, 2.05) is 0 Å². The van der Waals surface area contributed by atoms with E-state index in [0.29, 0.717) is 0 Å². The maximum Gasteiger partial charge on any atom is 0.0197 e. The second-order valence-electron chi connectivity index (χ2n) is 0.318. The third-order valence-electron chi connectivity index (χ3n) is 0.0727. The fourth-order valence-corrected chi connectivity index (χ4v) is 0.